The number of benzene rings is 2. The van der Waals surface area contributed by atoms with Gasteiger partial charge in [-0.3, -0.25) is 0 Å². The van der Waals surface area contributed by atoms with Crippen molar-refractivity contribution < 1.29 is 23.7 Å². The number of rotatable bonds is 4. The van der Waals surface area contributed by atoms with Crippen LogP contribution < -0.4 is 14.2 Å². The van der Waals surface area contributed by atoms with Crippen molar-refractivity contribution in [2.75, 3.05) is 28.4 Å². The van der Waals surface area contributed by atoms with E-state index in [-0.39, 0.29) is 0 Å². The van der Waals surface area contributed by atoms with Crippen LogP contribution in [0.3, 0.4) is 0 Å². The summed E-state index contributed by atoms with van der Waals surface area (Å²) in [6, 6.07) is 5.18. The van der Waals surface area contributed by atoms with E-state index < -0.39 is 5.97 Å². The number of esters is 1. The van der Waals surface area contributed by atoms with Gasteiger partial charge >= 0.3 is 5.97 Å². The standard InChI is InChI=1S/C15H15IO5/c1-18-10-6-8(15(17)21-4)5-9-13(10)11(19-2)7-12(20-3)14(9)16/h5-7H,1-4H3. The third kappa shape index (κ3) is 2.72. The van der Waals surface area contributed by atoms with Crippen molar-refractivity contribution in [3.8, 4) is 17.2 Å². The lowest BCUT2D eigenvalue weighted by molar-refractivity contribution is 0.0600. The molecule has 2 aromatic carbocycles. The maximum Gasteiger partial charge on any atom is 0.338 e. The number of ether oxygens (including phenoxy) is 4. The number of hydrogen-bond donors (Lipinski definition) is 0. The molecule has 0 saturated heterocycles. The van der Waals surface area contributed by atoms with E-state index in [4.69, 9.17) is 18.9 Å². The summed E-state index contributed by atoms with van der Waals surface area (Å²) < 4.78 is 21.8. The summed E-state index contributed by atoms with van der Waals surface area (Å²) in [6.07, 6.45) is 0. The highest BCUT2D eigenvalue weighted by Crippen LogP contribution is 2.42. The van der Waals surface area contributed by atoms with Gasteiger partial charge in [-0.15, -0.1) is 0 Å². The summed E-state index contributed by atoms with van der Waals surface area (Å²) in [5, 5.41) is 1.60. The van der Waals surface area contributed by atoms with Gasteiger partial charge in [-0.25, -0.2) is 4.79 Å². The summed E-state index contributed by atoms with van der Waals surface area (Å²) in [6.45, 7) is 0. The number of fused-ring (bicyclic) bond motifs is 1. The minimum atomic E-state index is -0.423. The first-order chi connectivity index (χ1) is 10.1. The zero-order chi connectivity index (χ0) is 15.6. The van der Waals surface area contributed by atoms with Crippen LogP contribution in [0.5, 0.6) is 17.2 Å². The summed E-state index contributed by atoms with van der Waals surface area (Å²) in [7, 11) is 6.06. The molecule has 0 aliphatic rings. The molecule has 2 rings (SSSR count). The Morgan fingerprint density at radius 3 is 2.00 bits per heavy atom. The molecule has 0 unspecified atom stereocenters. The van der Waals surface area contributed by atoms with Gasteiger partial charge in [0.15, 0.2) is 0 Å². The predicted octanol–water partition coefficient (Wildman–Crippen LogP) is 3.26. The molecule has 0 aliphatic carbocycles. The molecule has 0 heterocycles. The van der Waals surface area contributed by atoms with Crippen molar-refractivity contribution in [3.05, 3.63) is 27.3 Å². The van der Waals surface area contributed by atoms with E-state index in [1.807, 2.05) is 0 Å². The van der Waals surface area contributed by atoms with Gasteiger partial charge in [0.1, 0.15) is 17.2 Å². The highest BCUT2D eigenvalue weighted by Gasteiger charge is 2.19. The Morgan fingerprint density at radius 2 is 1.48 bits per heavy atom. The van der Waals surface area contributed by atoms with Crippen molar-refractivity contribution in [3.63, 3.8) is 0 Å². The summed E-state index contributed by atoms with van der Waals surface area (Å²) >= 11 is 2.17. The molecule has 2 aromatic rings. The largest absolute Gasteiger partial charge is 0.496 e. The maximum atomic E-state index is 11.8. The molecule has 0 N–H and O–H groups in total. The molecule has 0 radical (unpaired) electrons. The molecular formula is C15H15IO5. The van der Waals surface area contributed by atoms with E-state index in [9.17, 15) is 4.79 Å². The minimum absolute atomic E-state index is 0.412. The lowest BCUT2D eigenvalue weighted by atomic mass is 10.0. The van der Waals surface area contributed by atoms with E-state index in [2.05, 4.69) is 22.6 Å². The lowest BCUT2D eigenvalue weighted by Gasteiger charge is -2.15. The van der Waals surface area contributed by atoms with Gasteiger partial charge in [0.2, 0.25) is 0 Å². The molecule has 6 heteroatoms. The normalized spacial score (nSPS) is 10.3. The third-order valence-electron chi connectivity index (χ3n) is 3.14. The first-order valence-corrected chi connectivity index (χ1v) is 7.15. The first kappa shape index (κ1) is 15.7. The quantitative estimate of drug-likeness (QED) is 0.581. The molecule has 0 atom stereocenters. The van der Waals surface area contributed by atoms with Crippen molar-refractivity contribution in [1.82, 2.24) is 0 Å². The van der Waals surface area contributed by atoms with Gasteiger partial charge in [0.25, 0.3) is 0 Å². The van der Waals surface area contributed by atoms with E-state index in [0.717, 1.165) is 14.3 Å². The van der Waals surface area contributed by atoms with Crippen molar-refractivity contribution in [1.29, 1.82) is 0 Å². The smallest absolute Gasteiger partial charge is 0.338 e. The van der Waals surface area contributed by atoms with Gasteiger partial charge < -0.3 is 18.9 Å². The van der Waals surface area contributed by atoms with Crippen LogP contribution in [0.4, 0.5) is 0 Å². The minimum Gasteiger partial charge on any atom is -0.496 e. The Hall–Kier alpha value is -1.70. The molecule has 112 valence electrons. The van der Waals surface area contributed by atoms with Crippen molar-refractivity contribution in [2.24, 2.45) is 0 Å². The molecule has 0 fully saturated rings. The fraction of sp³-hybridized carbons (Fsp3) is 0.267. The van der Waals surface area contributed by atoms with Crippen LogP contribution in [0, 0.1) is 3.57 Å². The zero-order valence-corrected chi connectivity index (χ0v) is 14.3. The van der Waals surface area contributed by atoms with Gasteiger partial charge in [-0.2, -0.15) is 0 Å². The van der Waals surface area contributed by atoms with Gasteiger partial charge in [0.05, 0.1) is 43.0 Å². The van der Waals surface area contributed by atoms with Crippen LogP contribution in [0.25, 0.3) is 10.8 Å². The molecule has 0 aliphatic heterocycles. The Labute approximate surface area is 136 Å². The van der Waals surface area contributed by atoms with Gasteiger partial charge in [-0.05, 0) is 34.7 Å². The van der Waals surface area contributed by atoms with E-state index in [1.165, 1.54) is 7.11 Å². The number of methoxy groups -OCH3 is 4. The average Bonchev–Trinajstić information content (AvgIpc) is 2.53. The topological polar surface area (TPSA) is 54.0 Å². The highest BCUT2D eigenvalue weighted by molar-refractivity contribution is 14.1. The fourth-order valence-corrected chi connectivity index (χ4v) is 2.94. The third-order valence-corrected chi connectivity index (χ3v) is 4.26. The van der Waals surface area contributed by atoms with Gasteiger partial charge in [-0.1, -0.05) is 0 Å². The molecule has 21 heavy (non-hydrogen) atoms. The van der Waals surface area contributed by atoms with Crippen molar-refractivity contribution in [2.45, 2.75) is 0 Å². The molecule has 0 bridgehead atoms. The Kier molecular flexibility index (Phi) is 4.76. The van der Waals surface area contributed by atoms with Crippen LogP contribution in [0.1, 0.15) is 10.4 Å². The zero-order valence-electron chi connectivity index (χ0n) is 12.2. The van der Waals surface area contributed by atoms with Crippen LogP contribution in [0.15, 0.2) is 18.2 Å². The van der Waals surface area contributed by atoms with Crippen LogP contribution in [-0.2, 0) is 4.74 Å². The number of carbonyl (C=O) groups is 1. The second-order valence-corrected chi connectivity index (χ2v) is 5.27. The highest BCUT2D eigenvalue weighted by atomic mass is 127. The second-order valence-electron chi connectivity index (χ2n) is 4.19. The van der Waals surface area contributed by atoms with Crippen LogP contribution in [0.2, 0.25) is 0 Å². The van der Waals surface area contributed by atoms with E-state index in [0.29, 0.717) is 22.8 Å². The predicted molar refractivity (Wildman–Crippen MR) is 87.7 cm³/mol. The number of hydrogen-bond acceptors (Lipinski definition) is 5. The maximum absolute atomic E-state index is 11.8. The molecule has 0 spiro atoms. The first-order valence-electron chi connectivity index (χ1n) is 6.07. The number of halogens is 1. The van der Waals surface area contributed by atoms with E-state index >= 15 is 0 Å². The summed E-state index contributed by atoms with van der Waals surface area (Å²) in [5.41, 5.74) is 0.412. The lowest BCUT2D eigenvalue weighted by Crippen LogP contribution is -2.03. The fourth-order valence-electron chi connectivity index (χ4n) is 2.14. The SMILES string of the molecule is COC(=O)c1cc(OC)c2c(OC)cc(OC)c(I)c2c1. The molecule has 0 aromatic heterocycles. The summed E-state index contributed by atoms with van der Waals surface area (Å²) in [4.78, 5) is 11.8. The Morgan fingerprint density at radius 1 is 0.905 bits per heavy atom. The Bertz CT molecular complexity index is 696. The molecule has 0 amide bonds. The van der Waals surface area contributed by atoms with Crippen LogP contribution in [-0.4, -0.2) is 34.4 Å². The Balaban J connectivity index is 2.90. The van der Waals surface area contributed by atoms with E-state index in [1.54, 1.807) is 39.5 Å². The summed E-state index contributed by atoms with van der Waals surface area (Å²) in [5.74, 6) is 1.41. The monoisotopic (exact) mass is 402 g/mol. The second kappa shape index (κ2) is 6.38. The molecular weight excluding hydrogens is 387 g/mol. The number of carbonyl (C=O) groups excluding carboxylic acids is 1. The molecule has 5 nitrogen and oxygen atoms in total. The van der Waals surface area contributed by atoms with Crippen LogP contribution >= 0.6 is 22.6 Å². The average molecular weight is 402 g/mol. The van der Waals surface area contributed by atoms with Gasteiger partial charge in [0, 0.05) is 11.5 Å². The molecule has 0 saturated carbocycles. The van der Waals surface area contributed by atoms with Crippen molar-refractivity contribution >= 4 is 39.3 Å².